The van der Waals surface area contributed by atoms with Crippen molar-refractivity contribution in [2.45, 2.75) is 26.8 Å². The van der Waals surface area contributed by atoms with E-state index in [1.165, 1.54) is 0 Å². The molecule has 8 nitrogen and oxygen atoms in total. The van der Waals surface area contributed by atoms with Crippen LogP contribution in [0.1, 0.15) is 45.6 Å². The van der Waals surface area contributed by atoms with E-state index < -0.39 is 5.97 Å². The third-order valence-electron chi connectivity index (χ3n) is 6.49. The molecular weight excluding hydrogens is 480 g/mol. The zero-order chi connectivity index (χ0) is 27.0. The smallest absolute Gasteiger partial charge is 0.337 e. The van der Waals surface area contributed by atoms with Gasteiger partial charge in [-0.15, -0.1) is 0 Å². The monoisotopic (exact) mass is 504 g/mol. The van der Waals surface area contributed by atoms with Crippen molar-refractivity contribution in [3.63, 3.8) is 0 Å². The van der Waals surface area contributed by atoms with E-state index >= 15 is 0 Å². The summed E-state index contributed by atoms with van der Waals surface area (Å²) in [7, 11) is 0. The van der Waals surface area contributed by atoms with E-state index in [1.54, 1.807) is 78.6 Å². The second kappa shape index (κ2) is 9.71. The number of para-hydroxylation sites is 1. The van der Waals surface area contributed by atoms with Crippen LogP contribution < -0.4 is 10.7 Å². The number of carbonyl (C=O) groups is 1. The molecule has 188 valence electrons. The first kappa shape index (κ1) is 24.5. The van der Waals surface area contributed by atoms with Gasteiger partial charge in [-0.1, -0.05) is 18.2 Å². The maximum Gasteiger partial charge on any atom is 0.337 e. The van der Waals surface area contributed by atoms with Gasteiger partial charge in [0, 0.05) is 23.0 Å². The number of aromatic nitrogens is 2. The van der Waals surface area contributed by atoms with Gasteiger partial charge in [0.15, 0.2) is 5.43 Å². The number of nitrogens with one attached hydrogen (secondary N) is 1. The highest BCUT2D eigenvalue weighted by molar-refractivity contribution is 5.94. The van der Waals surface area contributed by atoms with Crippen LogP contribution in [0.25, 0.3) is 28.0 Å². The minimum absolute atomic E-state index is 0.143. The van der Waals surface area contributed by atoms with E-state index in [-0.39, 0.29) is 17.0 Å². The van der Waals surface area contributed by atoms with Gasteiger partial charge in [-0.3, -0.25) is 4.79 Å². The van der Waals surface area contributed by atoms with Crippen LogP contribution in [0.15, 0.2) is 82.3 Å². The number of benzene rings is 3. The zero-order valence-corrected chi connectivity index (χ0v) is 21.0. The summed E-state index contributed by atoms with van der Waals surface area (Å²) in [6, 6.07) is 19.2. The predicted molar refractivity (Wildman–Crippen MR) is 145 cm³/mol. The highest BCUT2D eigenvalue weighted by Crippen LogP contribution is 2.33. The second-order valence-corrected chi connectivity index (χ2v) is 9.17. The molecule has 0 aliphatic heterocycles. The second-order valence-electron chi connectivity index (χ2n) is 9.17. The Balaban J connectivity index is 1.60. The molecule has 0 saturated heterocycles. The summed E-state index contributed by atoms with van der Waals surface area (Å²) in [4.78, 5) is 25.2. The van der Waals surface area contributed by atoms with Crippen molar-refractivity contribution < 1.29 is 14.3 Å². The molecule has 1 unspecified atom stereocenters. The first-order valence-corrected chi connectivity index (χ1v) is 12.0. The van der Waals surface area contributed by atoms with E-state index in [2.05, 4.69) is 16.5 Å². The summed E-state index contributed by atoms with van der Waals surface area (Å²) in [5.74, 6) is -0.622. The summed E-state index contributed by atoms with van der Waals surface area (Å²) >= 11 is 0. The number of fused-ring (bicyclic) bond motifs is 1. The van der Waals surface area contributed by atoms with Gasteiger partial charge in [-0.25, -0.2) is 9.48 Å². The topological polar surface area (TPSA) is 121 Å². The van der Waals surface area contributed by atoms with Crippen LogP contribution >= 0.6 is 0 Å². The van der Waals surface area contributed by atoms with Crippen LogP contribution in [0.4, 0.5) is 5.69 Å². The van der Waals surface area contributed by atoms with Crippen molar-refractivity contribution in [1.29, 1.82) is 5.26 Å². The molecule has 1 atom stereocenters. The average Bonchev–Trinajstić information content (AvgIpc) is 3.41. The van der Waals surface area contributed by atoms with Crippen LogP contribution in [-0.4, -0.2) is 20.9 Å². The lowest BCUT2D eigenvalue weighted by atomic mass is 9.99. The Hall–Kier alpha value is -5.16. The third kappa shape index (κ3) is 4.42. The molecule has 0 spiro atoms. The van der Waals surface area contributed by atoms with Crippen molar-refractivity contribution in [3.8, 4) is 23.1 Å². The summed E-state index contributed by atoms with van der Waals surface area (Å²) in [6.07, 6.45) is 3.41. The highest BCUT2D eigenvalue weighted by Gasteiger charge is 2.21. The van der Waals surface area contributed by atoms with Crippen LogP contribution in [-0.2, 0) is 0 Å². The standard InChI is InChI=1S/C30H24N4O4/c1-17-12-24(19(3)33-26-7-5-4-6-23(26)30(36)37)29-25(13-17)27(35)18(2)28(38-29)21-15-32-34(16-21)22-10-8-20(14-31)9-11-22/h4-13,15-16,19,33H,1-3H3,(H,36,37). The molecule has 2 N–H and O–H groups in total. The van der Waals surface area contributed by atoms with Crippen LogP contribution in [0.2, 0.25) is 0 Å². The Bertz CT molecular complexity index is 1790. The summed E-state index contributed by atoms with van der Waals surface area (Å²) in [5.41, 5.74) is 4.95. The van der Waals surface area contributed by atoms with Crippen molar-refractivity contribution in [2.75, 3.05) is 5.32 Å². The molecule has 2 heterocycles. The Morgan fingerprint density at radius 3 is 2.58 bits per heavy atom. The van der Waals surface area contributed by atoms with Gasteiger partial charge in [0.25, 0.3) is 0 Å². The van der Waals surface area contributed by atoms with Crippen LogP contribution in [0, 0.1) is 25.2 Å². The minimum Gasteiger partial charge on any atom is -0.478 e. The van der Waals surface area contributed by atoms with E-state index in [1.807, 2.05) is 19.9 Å². The summed E-state index contributed by atoms with van der Waals surface area (Å²) in [5, 5.41) is 26.8. The fourth-order valence-electron chi connectivity index (χ4n) is 4.54. The number of rotatable bonds is 6. The van der Waals surface area contributed by atoms with Gasteiger partial charge in [0.1, 0.15) is 11.3 Å². The predicted octanol–water partition coefficient (Wildman–Crippen LogP) is 6.01. The van der Waals surface area contributed by atoms with Gasteiger partial charge in [-0.2, -0.15) is 10.4 Å². The first-order chi connectivity index (χ1) is 18.3. The number of anilines is 1. The number of aromatic carboxylic acids is 1. The van der Waals surface area contributed by atoms with E-state index in [4.69, 9.17) is 9.68 Å². The molecule has 0 fully saturated rings. The maximum atomic E-state index is 13.5. The van der Waals surface area contributed by atoms with Gasteiger partial charge >= 0.3 is 5.97 Å². The maximum absolute atomic E-state index is 13.5. The SMILES string of the molecule is Cc1cc(C(C)Nc2ccccc2C(=O)O)c2oc(-c3cnn(-c4ccc(C#N)cc4)c3)c(C)c(=O)c2c1. The van der Waals surface area contributed by atoms with Crippen molar-refractivity contribution in [3.05, 3.63) is 111 Å². The number of hydrogen-bond donors (Lipinski definition) is 2. The van der Waals surface area contributed by atoms with Crippen LogP contribution in [0.3, 0.4) is 0 Å². The molecule has 0 aliphatic rings. The molecule has 3 aromatic carbocycles. The largest absolute Gasteiger partial charge is 0.478 e. The number of nitrogens with zero attached hydrogens (tertiary/aromatic N) is 3. The molecule has 0 amide bonds. The fraction of sp³-hybridized carbons (Fsp3) is 0.133. The molecule has 0 radical (unpaired) electrons. The number of carboxylic acid groups (broad SMARTS) is 1. The Morgan fingerprint density at radius 2 is 1.87 bits per heavy atom. The lowest BCUT2D eigenvalue weighted by Gasteiger charge is -2.19. The summed E-state index contributed by atoms with van der Waals surface area (Å²) < 4.78 is 8.07. The van der Waals surface area contributed by atoms with E-state index in [0.29, 0.717) is 39.1 Å². The molecule has 38 heavy (non-hydrogen) atoms. The highest BCUT2D eigenvalue weighted by atomic mass is 16.4. The van der Waals surface area contributed by atoms with Crippen LogP contribution in [0.5, 0.6) is 0 Å². The van der Waals surface area contributed by atoms with Gasteiger partial charge < -0.3 is 14.8 Å². The first-order valence-electron chi connectivity index (χ1n) is 12.0. The average molecular weight is 505 g/mol. The molecular formula is C30H24N4O4. The Labute approximate surface area is 218 Å². The molecule has 5 aromatic rings. The third-order valence-corrected chi connectivity index (χ3v) is 6.49. The van der Waals surface area contributed by atoms with Crippen molar-refractivity contribution in [1.82, 2.24) is 9.78 Å². The number of hydrogen-bond acceptors (Lipinski definition) is 6. The normalized spacial score (nSPS) is 11.7. The molecule has 8 heteroatoms. The molecule has 0 aliphatic carbocycles. The Morgan fingerprint density at radius 1 is 1.13 bits per heavy atom. The number of carboxylic acids is 1. The lowest BCUT2D eigenvalue weighted by molar-refractivity contribution is 0.0698. The molecule has 5 rings (SSSR count). The number of aryl methyl sites for hydroxylation is 1. The zero-order valence-electron chi connectivity index (χ0n) is 21.0. The van der Waals surface area contributed by atoms with Gasteiger partial charge in [-0.05, 0) is 68.8 Å². The lowest BCUT2D eigenvalue weighted by Crippen LogP contribution is -2.14. The molecule has 0 saturated carbocycles. The van der Waals surface area contributed by atoms with Crippen molar-refractivity contribution in [2.24, 2.45) is 0 Å². The summed E-state index contributed by atoms with van der Waals surface area (Å²) in [6.45, 7) is 5.53. The van der Waals surface area contributed by atoms with E-state index in [0.717, 1.165) is 16.8 Å². The fourth-order valence-corrected chi connectivity index (χ4v) is 4.54. The Kier molecular flexibility index (Phi) is 6.27. The molecule has 2 aromatic heterocycles. The molecule has 0 bridgehead atoms. The van der Waals surface area contributed by atoms with Gasteiger partial charge in [0.2, 0.25) is 0 Å². The quantitative estimate of drug-likeness (QED) is 0.291. The van der Waals surface area contributed by atoms with Gasteiger partial charge in [0.05, 0.1) is 46.1 Å². The van der Waals surface area contributed by atoms with E-state index in [9.17, 15) is 14.7 Å². The minimum atomic E-state index is -1.03. The van der Waals surface area contributed by atoms with Crippen molar-refractivity contribution >= 4 is 22.6 Å². The number of nitriles is 1.